The highest BCUT2D eigenvalue weighted by Gasteiger charge is 2.37. The normalized spacial score (nSPS) is 34.0. The first-order valence-electron chi connectivity index (χ1n) is 6.11. The van der Waals surface area contributed by atoms with E-state index in [1.54, 1.807) is 16.8 Å². The fourth-order valence-electron chi connectivity index (χ4n) is 3.29. The zero-order valence-electron chi connectivity index (χ0n) is 9.64. The fourth-order valence-corrected chi connectivity index (χ4v) is 3.29. The maximum atomic E-state index is 3.75. The van der Waals surface area contributed by atoms with Crippen molar-refractivity contribution in [2.75, 3.05) is 0 Å². The molecule has 2 unspecified atom stereocenters. The number of hydrogen-bond acceptors (Lipinski definition) is 1. The Morgan fingerprint density at radius 1 is 1.07 bits per heavy atom. The van der Waals surface area contributed by atoms with Crippen LogP contribution in [0.25, 0.3) is 0 Å². The van der Waals surface area contributed by atoms with E-state index < -0.39 is 0 Å². The van der Waals surface area contributed by atoms with Gasteiger partial charge in [-0.25, -0.2) is 0 Å². The molecule has 0 fully saturated rings. The molecule has 0 amide bonds. The molecular formula is C14H19N. The second-order valence-electron chi connectivity index (χ2n) is 5.13. The topological polar surface area (TPSA) is 12.0 Å². The molecule has 0 bridgehead atoms. The predicted molar refractivity (Wildman–Crippen MR) is 63.4 cm³/mol. The third-order valence-electron chi connectivity index (χ3n) is 4.14. The van der Waals surface area contributed by atoms with Crippen LogP contribution in [0.2, 0.25) is 0 Å². The number of rotatable bonds is 0. The van der Waals surface area contributed by atoms with Crippen LogP contribution in [0.15, 0.2) is 34.6 Å². The number of nitrogens with one attached hydrogen (secondary N) is 1. The maximum Gasteiger partial charge on any atom is 0.0574 e. The van der Waals surface area contributed by atoms with E-state index in [4.69, 9.17) is 0 Å². The number of hydrogen-bond donors (Lipinski definition) is 1. The van der Waals surface area contributed by atoms with E-state index in [1.165, 1.54) is 31.3 Å². The average Bonchev–Trinajstić information content (AvgIpc) is 2.64. The quantitative estimate of drug-likeness (QED) is 0.634. The lowest BCUT2D eigenvalue weighted by atomic mass is 9.78. The van der Waals surface area contributed by atoms with Gasteiger partial charge in [-0.2, -0.15) is 0 Å². The van der Waals surface area contributed by atoms with Gasteiger partial charge in [0.25, 0.3) is 0 Å². The van der Waals surface area contributed by atoms with Crippen molar-refractivity contribution in [3.05, 3.63) is 34.6 Å². The van der Waals surface area contributed by atoms with Gasteiger partial charge >= 0.3 is 0 Å². The Morgan fingerprint density at radius 3 is 2.67 bits per heavy atom. The molecule has 1 heterocycles. The molecule has 2 atom stereocenters. The monoisotopic (exact) mass is 201 g/mol. The molecule has 2 aliphatic carbocycles. The summed E-state index contributed by atoms with van der Waals surface area (Å²) in [6, 6.07) is 0.582. The summed E-state index contributed by atoms with van der Waals surface area (Å²) < 4.78 is 0. The van der Waals surface area contributed by atoms with E-state index in [1.807, 2.05) is 0 Å². The first kappa shape index (κ1) is 9.26. The van der Waals surface area contributed by atoms with E-state index in [9.17, 15) is 0 Å². The maximum absolute atomic E-state index is 3.75. The lowest BCUT2D eigenvalue weighted by Gasteiger charge is -2.27. The molecule has 0 aromatic rings. The van der Waals surface area contributed by atoms with Crippen LogP contribution >= 0.6 is 0 Å². The van der Waals surface area contributed by atoms with Gasteiger partial charge in [0.1, 0.15) is 0 Å². The molecular weight excluding hydrogens is 182 g/mol. The highest BCUT2D eigenvalue weighted by atomic mass is 15.0. The Kier molecular flexibility index (Phi) is 2.01. The minimum Gasteiger partial charge on any atom is -0.381 e. The van der Waals surface area contributed by atoms with Crippen molar-refractivity contribution in [2.45, 2.75) is 45.6 Å². The molecule has 0 aromatic carbocycles. The molecule has 0 aromatic heterocycles. The number of allylic oxidation sites excluding steroid dienone is 3. The van der Waals surface area contributed by atoms with Gasteiger partial charge in [0.05, 0.1) is 6.04 Å². The second-order valence-corrected chi connectivity index (χ2v) is 5.13. The van der Waals surface area contributed by atoms with Crippen LogP contribution in [-0.2, 0) is 0 Å². The molecule has 3 aliphatic rings. The van der Waals surface area contributed by atoms with E-state index in [0.717, 1.165) is 0 Å². The van der Waals surface area contributed by atoms with Gasteiger partial charge in [-0.05, 0) is 45.1 Å². The second kappa shape index (κ2) is 3.26. The van der Waals surface area contributed by atoms with Crippen molar-refractivity contribution < 1.29 is 0 Å². The van der Waals surface area contributed by atoms with Crippen LogP contribution in [0.3, 0.4) is 0 Å². The predicted octanol–water partition coefficient (Wildman–Crippen LogP) is 3.31. The zero-order chi connectivity index (χ0) is 10.4. The molecule has 1 N–H and O–H groups in total. The average molecular weight is 201 g/mol. The van der Waals surface area contributed by atoms with Crippen molar-refractivity contribution in [3.63, 3.8) is 0 Å². The Hall–Kier alpha value is -0.980. The van der Waals surface area contributed by atoms with Crippen LogP contribution in [0.5, 0.6) is 0 Å². The molecule has 80 valence electrons. The molecule has 1 nitrogen and oxygen atoms in total. The van der Waals surface area contributed by atoms with E-state index in [-0.39, 0.29) is 0 Å². The van der Waals surface area contributed by atoms with Gasteiger partial charge < -0.3 is 5.32 Å². The van der Waals surface area contributed by atoms with Gasteiger partial charge in [-0.15, -0.1) is 0 Å². The minimum absolute atomic E-state index is 0.582. The fraction of sp³-hybridized carbons (Fsp3) is 0.571. The van der Waals surface area contributed by atoms with Crippen molar-refractivity contribution in [3.8, 4) is 0 Å². The molecule has 0 saturated carbocycles. The Labute approximate surface area is 91.9 Å². The summed E-state index contributed by atoms with van der Waals surface area (Å²) >= 11 is 0. The smallest absolute Gasteiger partial charge is 0.0574 e. The summed E-state index contributed by atoms with van der Waals surface area (Å²) in [5, 5.41) is 3.75. The molecule has 3 rings (SSSR count). The summed E-state index contributed by atoms with van der Waals surface area (Å²) in [7, 11) is 0. The van der Waals surface area contributed by atoms with Crippen molar-refractivity contribution in [1.82, 2.24) is 5.32 Å². The SMILES string of the molecule is CC1=CC=C(C)C2C3=C(CCCC3)NC12. The third kappa shape index (κ3) is 1.29. The molecule has 15 heavy (non-hydrogen) atoms. The van der Waals surface area contributed by atoms with Crippen LogP contribution in [0.4, 0.5) is 0 Å². The largest absolute Gasteiger partial charge is 0.381 e. The van der Waals surface area contributed by atoms with E-state index in [0.29, 0.717) is 12.0 Å². The lowest BCUT2D eigenvalue weighted by Crippen LogP contribution is -2.32. The van der Waals surface area contributed by atoms with Gasteiger partial charge in [0.15, 0.2) is 0 Å². The highest BCUT2D eigenvalue weighted by Crippen LogP contribution is 2.43. The van der Waals surface area contributed by atoms with Crippen LogP contribution in [0.1, 0.15) is 39.5 Å². The summed E-state index contributed by atoms with van der Waals surface area (Å²) in [5.74, 6) is 0.685. The van der Waals surface area contributed by atoms with Gasteiger partial charge in [-0.1, -0.05) is 23.3 Å². The van der Waals surface area contributed by atoms with Gasteiger partial charge in [0.2, 0.25) is 0 Å². The first-order chi connectivity index (χ1) is 7.27. The minimum atomic E-state index is 0.582. The Bertz CT molecular complexity index is 384. The number of fused-ring (bicyclic) bond motifs is 2. The summed E-state index contributed by atoms with van der Waals surface area (Å²) in [5.41, 5.74) is 6.33. The van der Waals surface area contributed by atoms with E-state index >= 15 is 0 Å². The summed E-state index contributed by atoms with van der Waals surface area (Å²) in [6.45, 7) is 4.54. The first-order valence-corrected chi connectivity index (χ1v) is 6.11. The van der Waals surface area contributed by atoms with Crippen molar-refractivity contribution >= 4 is 0 Å². The molecule has 0 radical (unpaired) electrons. The molecule has 0 saturated heterocycles. The highest BCUT2D eigenvalue weighted by molar-refractivity contribution is 5.43. The molecule has 0 spiro atoms. The van der Waals surface area contributed by atoms with Crippen LogP contribution in [0, 0.1) is 5.92 Å². The Balaban J connectivity index is 2.01. The lowest BCUT2D eigenvalue weighted by molar-refractivity contribution is 0.562. The zero-order valence-corrected chi connectivity index (χ0v) is 9.64. The summed E-state index contributed by atoms with van der Waals surface area (Å²) in [4.78, 5) is 0. The van der Waals surface area contributed by atoms with Gasteiger partial charge in [-0.3, -0.25) is 0 Å². The van der Waals surface area contributed by atoms with Crippen molar-refractivity contribution in [1.29, 1.82) is 0 Å². The third-order valence-corrected chi connectivity index (χ3v) is 4.14. The van der Waals surface area contributed by atoms with Crippen LogP contribution < -0.4 is 5.32 Å². The van der Waals surface area contributed by atoms with Crippen molar-refractivity contribution in [2.24, 2.45) is 5.92 Å². The van der Waals surface area contributed by atoms with Gasteiger partial charge in [0, 0.05) is 11.6 Å². The molecule has 1 aliphatic heterocycles. The van der Waals surface area contributed by atoms with Crippen LogP contribution in [-0.4, -0.2) is 6.04 Å². The molecule has 1 heteroatoms. The van der Waals surface area contributed by atoms with E-state index in [2.05, 4.69) is 31.3 Å². The standard InChI is InChI=1S/C14H19N/c1-9-7-8-10(2)14-13(9)11-5-3-4-6-12(11)15-14/h7-8,13-15H,3-6H2,1-2H3. The Morgan fingerprint density at radius 2 is 1.80 bits per heavy atom. The summed E-state index contributed by atoms with van der Waals surface area (Å²) in [6.07, 6.45) is 9.95.